The molecule has 1 fully saturated rings. The summed E-state index contributed by atoms with van der Waals surface area (Å²) in [7, 11) is 1.14. The van der Waals surface area contributed by atoms with Gasteiger partial charge in [0.15, 0.2) is 0 Å². The number of hydrogen-bond acceptors (Lipinski definition) is 8. The quantitative estimate of drug-likeness (QED) is 0.498. The van der Waals surface area contributed by atoms with E-state index in [1.807, 2.05) is 6.92 Å². The van der Waals surface area contributed by atoms with Crippen LogP contribution in [0.3, 0.4) is 0 Å². The minimum Gasteiger partial charge on any atom is -0.494 e. The Hall–Kier alpha value is -3.01. The maximum absolute atomic E-state index is 12.7. The standard InChI is InChI=1S/C21H26N2O7S/c1-6-29-14-9-7-13(8-10-14)11-16-17(24)23(20(27)31-16)12-15(18(25)28-5)22-19(26)30-21(2,3)4/h7-11,15H,6,12H2,1-5H3,(H,22,26)/b16-11-. The van der Waals surface area contributed by atoms with Gasteiger partial charge >= 0.3 is 12.1 Å². The molecular weight excluding hydrogens is 424 g/mol. The Morgan fingerprint density at radius 3 is 2.39 bits per heavy atom. The van der Waals surface area contributed by atoms with Crippen molar-refractivity contribution >= 4 is 41.0 Å². The predicted octanol–water partition coefficient (Wildman–Crippen LogP) is 3.19. The van der Waals surface area contributed by atoms with E-state index in [4.69, 9.17) is 9.47 Å². The molecule has 0 radical (unpaired) electrons. The summed E-state index contributed by atoms with van der Waals surface area (Å²) >= 11 is 0.753. The molecule has 10 heteroatoms. The first-order valence-electron chi connectivity index (χ1n) is 9.59. The second-order valence-corrected chi connectivity index (χ2v) is 8.51. The molecule has 3 amide bonds. The molecule has 0 bridgehead atoms. The second-order valence-electron chi connectivity index (χ2n) is 7.52. The van der Waals surface area contributed by atoms with Crippen molar-refractivity contribution in [3.8, 4) is 5.75 Å². The fourth-order valence-corrected chi connectivity index (χ4v) is 3.44. The van der Waals surface area contributed by atoms with E-state index in [0.717, 1.165) is 23.8 Å². The molecule has 1 heterocycles. The molecule has 1 unspecified atom stereocenters. The van der Waals surface area contributed by atoms with Gasteiger partial charge in [-0.1, -0.05) is 12.1 Å². The number of benzene rings is 1. The van der Waals surface area contributed by atoms with Crippen LogP contribution in [0.1, 0.15) is 33.3 Å². The van der Waals surface area contributed by atoms with Gasteiger partial charge in [0.1, 0.15) is 17.4 Å². The molecule has 31 heavy (non-hydrogen) atoms. The van der Waals surface area contributed by atoms with E-state index >= 15 is 0 Å². The zero-order valence-corrected chi connectivity index (χ0v) is 18.9. The topological polar surface area (TPSA) is 111 Å². The van der Waals surface area contributed by atoms with Crippen molar-refractivity contribution < 1.29 is 33.4 Å². The lowest BCUT2D eigenvalue weighted by Gasteiger charge is -2.24. The highest BCUT2D eigenvalue weighted by Crippen LogP contribution is 2.32. The van der Waals surface area contributed by atoms with Gasteiger partial charge in [-0.05, 0) is 63.2 Å². The Kier molecular flexibility index (Phi) is 8.09. The van der Waals surface area contributed by atoms with Gasteiger partial charge in [-0.3, -0.25) is 14.5 Å². The SMILES string of the molecule is CCOc1ccc(/C=C2\SC(=O)N(CC(NC(=O)OC(C)(C)C)C(=O)OC)C2=O)cc1. The normalized spacial score (nSPS) is 16.3. The number of nitrogens with one attached hydrogen (secondary N) is 1. The second kappa shape index (κ2) is 10.3. The van der Waals surface area contributed by atoms with Crippen LogP contribution in [0.5, 0.6) is 5.75 Å². The summed E-state index contributed by atoms with van der Waals surface area (Å²) in [5, 5.41) is 1.80. The Balaban J connectivity index is 2.13. The molecule has 1 N–H and O–H groups in total. The number of rotatable bonds is 7. The van der Waals surface area contributed by atoms with Crippen molar-refractivity contribution in [1.29, 1.82) is 0 Å². The number of carbonyl (C=O) groups excluding carboxylic acids is 4. The summed E-state index contributed by atoms with van der Waals surface area (Å²) in [4.78, 5) is 50.4. The lowest BCUT2D eigenvalue weighted by Crippen LogP contribution is -2.51. The smallest absolute Gasteiger partial charge is 0.408 e. The molecule has 1 aliphatic heterocycles. The third kappa shape index (κ3) is 7.02. The summed E-state index contributed by atoms with van der Waals surface area (Å²) in [5.41, 5.74) is -0.0709. The monoisotopic (exact) mass is 450 g/mol. The number of methoxy groups -OCH3 is 1. The van der Waals surface area contributed by atoms with Crippen LogP contribution in [-0.2, 0) is 19.1 Å². The van der Waals surface area contributed by atoms with E-state index in [9.17, 15) is 19.2 Å². The highest BCUT2D eigenvalue weighted by atomic mass is 32.2. The van der Waals surface area contributed by atoms with E-state index in [1.54, 1.807) is 51.1 Å². The molecule has 0 spiro atoms. The molecule has 2 rings (SSSR count). The van der Waals surface area contributed by atoms with Gasteiger partial charge < -0.3 is 19.5 Å². The van der Waals surface area contributed by atoms with Crippen LogP contribution in [0.15, 0.2) is 29.2 Å². The minimum atomic E-state index is -1.27. The van der Waals surface area contributed by atoms with Crippen molar-refractivity contribution in [3.63, 3.8) is 0 Å². The summed E-state index contributed by atoms with van der Waals surface area (Å²) in [6.07, 6.45) is 0.717. The lowest BCUT2D eigenvalue weighted by molar-refractivity contribution is -0.143. The summed E-state index contributed by atoms with van der Waals surface area (Å²) in [5.74, 6) is -0.675. The maximum Gasteiger partial charge on any atom is 0.408 e. The van der Waals surface area contributed by atoms with Gasteiger partial charge in [0.25, 0.3) is 11.1 Å². The summed E-state index contributed by atoms with van der Waals surface area (Å²) < 4.78 is 15.2. The van der Waals surface area contributed by atoms with E-state index in [0.29, 0.717) is 17.9 Å². The number of amides is 3. The number of ether oxygens (including phenoxy) is 3. The maximum atomic E-state index is 12.7. The van der Waals surface area contributed by atoms with Crippen LogP contribution in [0.2, 0.25) is 0 Å². The van der Waals surface area contributed by atoms with Crippen molar-refractivity contribution in [3.05, 3.63) is 34.7 Å². The Labute approximate surface area is 185 Å². The molecule has 0 saturated carbocycles. The zero-order chi connectivity index (χ0) is 23.2. The summed E-state index contributed by atoms with van der Waals surface area (Å²) in [6, 6.07) is 5.79. The average Bonchev–Trinajstić information content (AvgIpc) is 2.94. The van der Waals surface area contributed by atoms with Crippen molar-refractivity contribution in [2.75, 3.05) is 20.3 Å². The number of imide groups is 1. The van der Waals surface area contributed by atoms with Crippen LogP contribution in [0, 0.1) is 0 Å². The first-order chi connectivity index (χ1) is 14.5. The zero-order valence-electron chi connectivity index (χ0n) is 18.1. The number of nitrogens with zero attached hydrogens (tertiary/aromatic N) is 1. The van der Waals surface area contributed by atoms with Crippen LogP contribution in [0.4, 0.5) is 9.59 Å². The van der Waals surface area contributed by atoms with E-state index in [2.05, 4.69) is 10.1 Å². The number of hydrogen-bond donors (Lipinski definition) is 1. The van der Waals surface area contributed by atoms with Crippen molar-refractivity contribution in [1.82, 2.24) is 10.2 Å². The molecule has 0 aromatic heterocycles. The van der Waals surface area contributed by atoms with Gasteiger partial charge in [-0.25, -0.2) is 9.59 Å². The van der Waals surface area contributed by atoms with Crippen LogP contribution >= 0.6 is 11.8 Å². The van der Waals surface area contributed by atoms with E-state index in [1.165, 1.54) is 0 Å². The molecule has 1 aromatic rings. The number of alkyl carbamates (subject to hydrolysis) is 1. The van der Waals surface area contributed by atoms with Crippen molar-refractivity contribution in [2.45, 2.75) is 39.3 Å². The predicted molar refractivity (Wildman–Crippen MR) is 115 cm³/mol. The van der Waals surface area contributed by atoms with Gasteiger partial charge in [0, 0.05) is 0 Å². The Morgan fingerprint density at radius 1 is 1.19 bits per heavy atom. The Morgan fingerprint density at radius 2 is 1.84 bits per heavy atom. The first-order valence-corrected chi connectivity index (χ1v) is 10.4. The molecule has 168 valence electrons. The van der Waals surface area contributed by atoms with Gasteiger partial charge in [-0.15, -0.1) is 0 Å². The van der Waals surface area contributed by atoms with Gasteiger partial charge in [-0.2, -0.15) is 0 Å². The fraction of sp³-hybridized carbons (Fsp3) is 0.429. The molecule has 1 atom stereocenters. The largest absolute Gasteiger partial charge is 0.494 e. The van der Waals surface area contributed by atoms with Gasteiger partial charge in [0.05, 0.1) is 25.2 Å². The molecule has 0 aliphatic carbocycles. The number of carbonyl (C=O) groups is 4. The fourth-order valence-electron chi connectivity index (χ4n) is 2.59. The number of thioether (sulfide) groups is 1. The van der Waals surface area contributed by atoms with Crippen LogP contribution in [-0.4, -0.2) is 60.0 Å². The average molecular weight is 451 g/mol. The number of esters is 1. The van der Waals surface area contributed by atoms with Crippen LogP contribution < -0.4 is 10.1 Å². The summed E-state index contributed by atoms with van der Waals surface area (Å²) in [6.45, 7) is 7.04. The molecule has 1 aliphatic rings. The molecule has 1 saturated heterocycles. The van der Waals surface area contributed by atoms with E-state index < -0.39 is 34.9 Å². The third-order valence-corrected chi connectivity index (χ3v) is 4.81. The molecule has 1 aromatic carbocycles. The minimum absolute atomic E-state index is 0.204. The Bertz CT molecular complexity index is 875. The highest BCUT2D eigenvalue weighted by molar-refractivity contribution is 8.18. The highest BCUT2D eigenvalue weighted by Gasteiger charge is 2.39. The molecule has 9 nitrogen and oxygen atoms in total. The van der Waals surface area contributed by atoms with Crippen molar-refractivity contribution in [2.24, 2.45) is 0 Å². The van der Waals surface area contributed by atoms with E-state index in [-0.39, 0.29) is 11.4 Å². The lowest BCUT2D eigenvalue weighted by atomic mass is 10.2. The van der Waals surface area contributed by atoms with Gasteiger partial charge in [0.2, 0.25) is 0 Å². The molecular formula is C21H26N2O7S. The van der Waals surface area contributed by atoms with Crippen LogP contribution in [0.25, 0.3) is 6.08 Å². The third-order valence-electron chi connectivity index (χ3n) is 3.90. The first kappa shape index (κ1) is 24.3.